The molecule has 0 radical (unpaired) electrons. The third kappa shape index (κ3) is 2.04. The van der Waals surface area contributed by atoms with Crippen molar-refractivity contribution >= 4 is 27.5 Å². The lowest BCUT2D eigenvalue weighted by molar-refractivity contribution is 0.0668. The Morgan fingerprint density at radius 1 is 1.50 bits per heavy atom. The van der Waals surface area contributed by atoms with E-state index >= 15 is 0 Å². The molecule has 0 bridgehead atoms. The minimum atomic E-state index is -0.0608. The van der Waals surface area contributed by atoms with Crippen LogP contribution in [0.2, 0.25) is 0 Å². The Morgan fingerprint density at radius 3 is 3.23 bits per heavy atom. The number of H-pyrrole nitrogens is 1. The van der Waals surface area contributed by atoms with Gasteiger partial charge < -0.3 is 9.88 Å². The van der Waals surface area contributed by atoms with Gasteiger partial charge in [0, 0.05) is 36.9 Å². The fourth-order valence-corrected chi connectivity index (χ4v) is 3.29. The highest BCUT2D eigenvalue weighted by Gasteiger charge is 2.30. The molecule has 1 atom stereocenters. The third-order valence-electron chi connectivity index (χ3n) is 4.14. The fraction of sp³-hybridized carbons (Fsp3) is 0.267. The molecule has 0 aliphatic carbocycles. The summed E-state index contributed by atoms with van der Waals surface area (Å²) in [5.41, 5.74) is 3.49. The molecule has 4 heterocycles. The van der Waals surface area contributed by atoms with Crippen LogP contribution in [0.4, 0.5) is 0 Å². The average Bonchev–Trinajstić information content (AvgIpc) is 3.12. The van der Waals surface area contributed by atoms with Crippen molar-refractivity contribution in [1.82, 2.24) is 24.5 Å². The first kappa shape index (κ1) is 13.5. The monoisotopic (exact) mass is 359 g/mol. The second-order valence-corrected chi connectivity index (χ2v) is 6.36. The van der Waals surface area contributed by atoms with Crippen LogP contribution in [0.5, 0.6) is 0 Å². The molecule has 3 aromatic heterocycles. The van der Waals surface area contributed by atoms with Crippen molar-refractivity contribution in [3.63, 3.8) is 0 Å². The van der Waals surface area contributed by atoms with Gasteiger partial charge in [0.1, 0.15) is 0 Å². The number of hydrogen-bond donors (Lipinski definition) is 1. The molecule has 0 saturated carbocycles. The van der Waals surface area contributed by atoms with Crippen LogP contribution in [-0.2, 0) is 6.42 Å². The third-order valence-corrected chi connectivity index (χ3v) is 4.55. The van der Waals surface area contributed by atoms with Gasteiger partial charge in [-0.3, -0.25) is 4.79 Å². The minimum absolute atomic E-state index is 0.0238. The average molecular weight is 360 g/mol. The van der Waals surface area contributed by atoms with E-state index in [1.165, 1.54) is 5.56 Å². The van der Waals surface area contributed by atoms with Gasteiger partial charge in [0.15, 0.2) is 11.3 Å². The second kappa shape index (κ2) is 4.95. The molecule has 1 N–H and O–H groups in total. The molecule has 112 valence electrons. The standard InChI is InChI=1S/C15H14BrN5O/c1-9-14-10(2-4-17-14)3-5-20(9)15(22)12-6-13-18-7-11(16)8-21(13)19-12/h2,4,6-9,17H,3,5H2,1H3. The summed E-state index contributed by atoms with van der Waals surface area (Å²) in [5, 5.41) is 4.35. The number of fused-ring (bicyclic) bond motifs is 2. The van der Waals surface area contributed by atoms with Crippen molar-refractivity contribution in [3.8, 4) is 0 Å². The van der Waals surface area contributed by atoms with Gasteiger partial charge >= 0.3 is 0 Å². The second-order valence-electron chi connectivity index (χ2n) is 5.45. The molecule has 22 heavy (non-hydrogen) atoms. The van der Waals surface area contributed by atoms with E-state index in [0.29, 0.717) is 17.9 Å². The Bertz CT molecular complexity index is 868. The van der Waals surface area contributed by atoms with Crippen LogP contribution in [-0.4, -0.2) is 36.9 Å². The van der Waals surface area contributed by atoms with Crippen molar-refractivity contribution in [1.29, 1.82) is 0 Å². The van der Waals surface area contributed by atoms with Gasteiger partial charge in [-0.2, -0.15) is 5.10 Å². The zero-order valence-corrected chi connectivity index (χ0v) is 13.5. The SMILES string of the molecule is CC1c2[nH]ccc2CCN1C(=O)c1cc2ncc(Br)cn2n1. The van der Waals surface area contributed by atoms with Gasteiger partial charge in [-0.05, 0) is 40.9 Å². The summed E-state index contributed by atoms with van der Waals surface area (Å²) >= 11 is 3.36. The summed E-state index contributed by atoms with van der Waals surface area (Å²) in [6.07, 6.45) is 6.29. The van der Waals surface area contributed by atoms with E-state index in [2.05, 4.69) is 37.1 Å². The number of hydrogen-bond acceptors (Lipinski definition) is 3. The van der Waals surface area contributed by atoms with Gasteiger partial charge in [-0.15, -0.1) is 0 Å². The van der Waals surface area contributed by atoms with Gasteiger partial charge in [0.25, 0.3) is 5.91 Å². The molecule has 0 spiro atoms. The van der Waals surface area contributed by atoms with Crippen LogP contribution in [0.1, 0.15) is 34.7 Å². The van der Waals surface area contributed by atoms with E-state index in [1.54, 1.807) is 23.0 Å². The van der Waals surface area contributed by atoms with E-state index in [9.17, 15) is 4.79 Å². The Labute approximate surface area is 135 Å². The molecule has 3 aromatic rings. The van der Waals surface area contributed by atoms with Crippen molar-refractivity contribution in [2.75, 3.05) is 6.54 Å². The fourth-order valence-electron chi connectivity index (χ4n) is 2.99. The highest BCUT2D eigenvalue weighted by atomic mass is 79.9. The minimum Gasteiger partial charge on any atom is -0.363 e. The number of aromatic amines is 1. The highest BCUT2D eigenvalue weighted by molar-refractivity contribution is 9.10. The predicted octanol–water partition coefficient (Wildman–Crippen LogP) is 2.58. The molecule has 0 aromatic carbocycles. The van der Waals surface area contributed by atoms with E-state index in [1.807, 2.05) is 18.0 Å². The summed E-state index contributed by atoms with van der Waals surface area (Å²) in [4.78, 5) is 22.1. The van der Waals surface area contributed by atoms with Crippen molar-refractivity contribution in [2.24, 2.45) is 0 Å². The van der Waals surface area contributed by atoms with E-state index < -0.39 is 0 Å². The Balaban J connectivity index is 1.68. The van der Waals surface area contributed by atoms with Gasteiger partial charge in [-0.1, -0.05) is 0 Å². The van der Waals surface area contributed by atoms with Crippen LogP contribution in [0.25, 0.3) is 5.65 Å². The van der Waals surface area contributed by atoms with E-state index in [-0.39, 0.29) is 11.9 Å². The van der Waals surface area contributed by atoms with Crippen molar-refractivity contribution < 1.29 is 4.79 Å². The molecule has 6 nitrogen and oxygen atoms in total. The number of nitrogens with one attached hydrogen (secondary N) is 1. The molecule has 1 amide bonds. The number of carbonyl (C=O) groups is 1. The van der Waals surface area contributed by atoms with Gasteiger partial charge in [-0.25, -0.2) is 9.50 Å². The maximum absolute atomic E-state index is 12.8. The molecule has 0 saturated heterocycles. The number of rotatable bonds is 1. The largest absolute Gasteiger partial charge is 0.363 e. The Hall–Kier alpha value is -2.15. The van der Waals surface area contributed by atoms with Crippen LogP contribution >= 0.6 is 15.9 Å². The number of amides is 1. The van der Waals surface area contributed by atoms with Gasteiger partial charge in [0.2, 0.25) is 0 Å². The normalized spacial score (nSPS) is 17.7. The quantitative estimate of drug-likeness (QED) is 0.726. The summed E-state index contributed by atoms with van der Waals surface area (Å²) in [7, 11) is 0. The number of nitrogens with zero attached hydrogens (tertiary/aromatic N) is 4. The Kier molecular flexibility index (Phi) is 3.04. The number of aromatic nitrogens is 4. The smallest absolute Gasteiger partial charge is 0.275 e. The topological polar surface area (TPSA) is 66.3 Å². The predicted molar refractivity (Wildman–Crippen MR) is 84.6 cm³/mol. The summed E-state index contributed by atoms with van der Waals surface area (Å²) in [6, 6.07) is 3.84. The summed E-state index contributed by atoms with van der Waals surface area (Å²) in [6.45, 7) is 2.74. The molecule has 0 fully saturated rings. The number of halogens is 1. The van der Waals surface area contributed by atoms with Crippen LogP contribution in [0.15, 0.2) is 35.2 Å². The van der Waals surface area contributed by atoms with Gasteiger partial charge in [0.05, 0.1) is 10.5 Å². The maximum atomic E-state index is 12.8. The molecule has 1 aliphatic heterocycles. The lowest BCUT2D eigenvalue weighted by Crippen LogP contribution is -2.39. The van der Waals surface area contributed by atoms with E-state index in [4.69, 9.17) is 0 Å². The molecular weight excluding hydrogens is 346 g/mol. The first-order chi connectivity index (χ1) is 10.6. The maximum Gasteiger partial charge on any atom is 0.275 e. The van der Waals surface area contributed by atoms with Crippen LogP contribution in [0, 0.1) is 0 Å². The number of carbonyl (C=O) groups excluding carboxylic acids is 1. The first-order valence-corrected chi connectivity index (χ1v) is 7.91. The lowest BCUT2D eigenvalue weighted by atomic mass is 10.0. The van der Waals surface area contributed by atoms with Crippen LogP contribution < -0.4 is 0 Å². The molecule has 7 heteroatoms. The Morgan fingerprint density at radius 2 is 2.36 bits per heavy atom. The van der Waals surface area contributed by atoms with Crippen molar-refractivity contribution in [3.05, 3.63) is 52.1 Å². The molecule has 4 rings (SSSR count). The highest BCUT2D eigenvalue weighted by Crippen LogP contribution is 2.29. The molecular formula is C15H14BrN5O. The first-order valence-electron chi connectivity index (χ1n) is 7.11. The molecule has 1 aliphatic rings. The van der Waals surface area contributed by atoms with E-state index in [0.717, 1.165) is 16.6 Å². The van der Waals surface area contributed by atoms with Crippen LogP contribution in [0.3, 0.4) is 0 Å². The van der Waals surface area contributed by atoms with Crippen molar-refractivity contribution in [2.45, 2.75) is 19.4 Å². The zero-order chi connectivity index (χ0) is 15.3. The molecule has 1 unspecified atom stereocenters. The lowest BCUT2D eigenvalue weighted by Gasteiger charge is -2.33. The summed E-state index contributed by atoms with van der Waals surface area (Å²) in [5.74, 6) is -0.0608. The zero-order valence-electron chi connectivity index (χ0n) is 12.0. The summed E-state index contributed by atoms with van der Waals surface area (Å²) < 4.78 is 2.44.